The van der Waals surface area contributed by atoms with E-state index in [1.54, 1.807) is 31.4 Å². The van der Waals surface area contributed by atoms with E-state index in [-0.39, 0.29) is 18.7 Å². The molecule has 1 aromatic carbocycles. The zero-order chi connectivity index (χ0) is 18.4. The van der Waals surface area contributed by atoms with Gasteiger partial charge in [0, 0.05) is 27.0 Å². The Labute approximate surface area is 152 Å². The highest BCUT2D eigenvalue weighted by Gasteiger charge is 2.33. The number of amides is 1. The molecule has 7 nitrogen and oxygen atoms in total. The summed E-state index contributed by atoms with van der Waals surface area (Å²) in [6, 6.07) is 11.2. The zero-order valence-corrected chi connectivity index (χ0v) is 15.0. The predicted octanol–water partition coefficient (Wildman–Crippen LogP) is 3.24. The van der Waals surface area contributed by atoms with Crippen LogP contribution in [0.3, 0.4) is 0 Å². The standard InChI is InChI=1S/C19H23N3O4/c1-24-18(25-2)15-10-11-20-17(21-15)16-9-6-12-22(16)19(23)26-13-14-7-4-3-5-8-14/h3-5,7-8,10-11,16,18H,6,9,12-13H2,1-2H3. The third-order valence-corrected chi connectivity index (χ3v) is 4.36. The van der Waals surface area contributed by atoms with Crippen LogP contribution in [0, 0.1) is 0 Å². The number of hydrogen-bond acceptors (Lipinski definition) is 6. The second kappa shape index (κ2) is 8.73. The number of carbonyl (C=O) groups is 1. The first-order valence-corrected chi connectivity index (χ1v) is 8.58. The fourth-order valence-corrected chi connectivity index (χ4v) is 3.07. The minimum absolute atomic E-state index is 0.201. The van der Waals surface area contributed by atoms with Crippen LogP contribution in [-0.2, 0) is 20.8 Å². The Morgan fingerprint density at radius 3 is 2.73 bits per heavy atom. The minimum atomic E-state index is -0.559. The summed E-state index contributed by atoms with van der Waals surface area (Å²) in [5.74, 6) is 0.579. The smallest absolute Gasteiger partial charge is 0.410 e. The molecule has 0 radical (unpaired) electrons. The molecule has 0 spiro atoms. The molecule has 1 aromatic heterocycles. The van der Waals surface area contributed by atoms with Gasteiger partial charge in [-0.3, -0.25) is 4.90 Å². The molecule has 0 bridgehead atoms. The van der Waals surface area contributed by atoms with Crippen LogP contribution < -0.4 is 0 Å². The van der Waals surface area contributed by atoms with Gasteiger partial charge in [0.05, 0.1) is 6.04 Å². The van der Waals surface area contributed by atoms with E-state index in [1.807, 2.05) is 30.3 Å². The Morgan fingerprint density at radius 2 is 2.00 bits per heavy atom. The number of ether oxygens (including phenoxy) is 3. The maximum Gasteiger partial charge on any atom is 0.410 e. The highest BCUT2D eigenvalue weighted by molar-refractivity contribution is 5.68. The monoisotopic (exact) mass is 357 g/mol. The molecule has 2 heterocycles. The summed E-state index contributed by atoms with van der Waals surface area (Å²) in [5.41, 5.74) is 1.59. The number of rotatable bonds is 6. The van der Waals surface area contributed by atoms with Gasteiger partial charge in [-0.05, 0) is 24.5 Å². The molecule has 1 unspecified atom stereocenters. The van der Waals surface area contributed by atoms with Crippen molar-refractivity contribution in [1.82, 2.24) is 14.9 Å². The maximum absolute atomic E-state index is 12.5. The zero-order valence-electron chi connectivity index (χ0n) is 15.0. The van der Waals surface area contributed by atoms with E-state index < -0.39 is 6.29 Å². The van der Waals surface area contributed by atoms with Crippen molar-refractivity contribution in [2.45, 2.75) is 31.8 Å². The lowest BCUT2D eigenvalue weighted by molar-refractivity contribution is -0.108. The van der Waals surface area contributed by atoms with Crippen molar-refractivity contribution >= 4 is 6.09 Å². The molecule has 1 aliphatic rings. The Hall–Kier alpha value is -2.51. The number of carbonyl (C=O) groups excluding carboxylic acids is 1. The van der Waals surface area contributed by atoms with E-state index in [0.29, 0.717) is 18.1 Å². The molecule has 0 aliphatic carbocycles. The first-order chi connectivity index (χ1) is 12.7. The van der Waals surface area contributed by atoms with Gasteiger partial charge in [0.25, 0.3) is 0 Å². The molecule has 1 fully saturated rings. The Balaban J connectivity index is 1.69. The molecular formula is C19H23N3O4. The van der Waals surface area contributed by atoms with E-state index in [9.17, 15) is 4.79 Å². The highest BCUT2D eigenvalue weighted by atomic mass is 16.7. The van der Waals surface area contributed by atoms with Crippen molar-refractivity contribution < 1.29 is 19.0 Å². The molecule has 2 aromatic rings. The lowest BCUT2D eigenvalue weighted by Crippen LogP contribution is -2.32. The van der Waals surface area contributed by atoms with Crippen LogP contribution in [0.25, 0.3) is 0 Å². The average Bonchev–Trinajstić information content (AvgIpc) is 3.18. The molecule has 0 saturated carbocycles. The Kier molecular flexibility index (Phi) is 6.14. The van der Waals surface area contributed by atoms with Crippen LogP contribution in [0.4, 0.5) is 4.79 Å². The third kappa shape index (κ3) is 4.17. The molecule has 3 rings (SSSR count). The van der Waals surface area contributed by atoms with Gasteiger partial charge in [-0.2, -0.15) is 0 Å². The van der Waals surface area contributed by atoms with Gasteiger partial charge in [-0.15, -0.1) is 0 Å². The molecule has 1 saturated heterocycles. The summed E-state index contributed by atoms with van der Waals surface area (Å²) >= 11 is 0. The van der Waals surface area contributed by atoms with Crippen molar-refractivity contribution in [3.05, 3.63) is 59.7 Å². The fraction of sp³-hybridized carbons (Fsp3) is 0.421. The number of likely N-dealkylation sites (tertiary alicyclic amines) is 1. The molecule has 0 N–H and O–H groups in total. The highest BCUT2D eigenvalue weighted by Crippen LogP contribution is 2.31. The maximum atomic E-state index is 12.5. The summed E-state index contributed by atoms with van der Waals surface area (Å²) in [7, 11) is 3.11. The van der Waals surface area contributed by atoms with Crippen molar-refractivity contribution in [2.24, 2.45) is 0 Å². The Bertz CT molecular complexity index is 722. The van der Waals surface area contributed by atoms with Crippen molar-refractivity contribution in [1.29, 1.82) is 0 Å². The molecule has 1 aliphatic heterocycles. The van der Waals surface area contributed by atoms with E-state index in [4.69, 9.17) is 14.2 Å². The SMILES string of the molecule is COC(OC)c1ccnc(C2CCCN2C(=O)OCc2ccccc2)n1. The first-order valence-electron chi connectivity index (χ1n) is 8.58. The number of methoxy groups -OCH3 is 2. The second-order valence-corrected chi connectivity index (χ2v) is 6.03. The summed E-state index contributed by atoms with van der Waals surface area (Å²) in [6.07, 6.45) is 2.44. The van der Waals surface area contributed by atoms with Gasteiger partial charge < -0.3 is 14.2 Å². The van der Waals surface area contributed by atoms with E-state index in [1.165, 1.54) is 0 Å². The molecule has 26 heavy (non-hydrogen) atoms. The molecular weight excluding hydrogens is 334 g/mol. The largest absolute Gasteiger partial charge is 0.445 e. The van der Waals surface area contributed by atoms with E-state index in [0.717, 1.165) is 18.4 Å². The number of benzene rings is 1. The lowest BCUT2D eigenvalue weighted by Gasteiger charge is -2.23. The summed E-state index contributed by atoms with van der Waals surface area (Å²) < 4.78 is 16.0. The fourth-order valence-electron chi connectivity index (χ4n) is 3.07. The summed E-state index contributed by atoms with van der Waals surface area (Å²) in [4.78, 5) is 23.1. The van der Waals surface area contributed by atoms with Crippen molar-refractivity contribution in [3.63, 3.8) is 0 Å². The van der Waals surface area contributed by atoms with Crippen LogP contribution in [0.2, 0.25) is 0 Å². The van der Waals surface area contributed by atoms with Crippen LogP contribution in [0.5, 0.6) is 0 Å². The first kappa shape index (κ1) is 18.3. The molecule has 7 heteroatoms. The average molecular weight is 357 g/mol. The van der Waals surface area contributed by atoms with Crippen LogP contribution in [0.1, 0.15) is 42.3 Å². The minimum Gasteiger partial charge on any atom is -0.445 e. The van der Waals surface area contributed by atoms with Gasteiger partial charge in [0.15, 0.2) is 5.82 Å². The number of nitrogens with zero attached hydrogens (tertiary/aromatic N) is 3. The van der Waals surface area contributed by atoms with E-state index >= 15 is 0 Å². The quantitative estimate of drug-likeness (QED) is 0.739. The summed E-state index contributed by atoms with van der Waals surface area (Å²) in [6.45, 7) is 0.878. The van der Waals surface area contributed by atoms with Gasteiger partial charge in [0.1, 0.15) is 12.3 Å². The van der Waals surface area contributed by atoms with Crippen LogP contribution in [-0.4, -0.2) is 41.7 Å². The topological polar surface area (TPSA) is 73.8 Å². The van der Waals surface area contributed by atoms with Crippen molar-refractivity contribution in [2.75, 3.05) is 20.8 Å². The summed E-state index contributed by atoms with van der Waals surface area (Å²) in [5, 5.41) is 0. The van der Waals surface area contributed by atoms with Crippen LogP contribution >= 0.6 is 0 Å². The van der Waals surface area contributed by atoms with Crippen molar-refractivity contribution in [3.8, 4) is 0 Å². The predicted molar refractivity (Wildman–Crippen MR) is 94.1 cm³/mol. The third-order valence-electron chi connectivity index (χ3n) is 4.36. The molecule has 1 amide bonds. The molecule has 1 atom stereocenters. The number of hydrogen-bond donors (Lipinski definition) is 0. The second-order valence-electron chi connectivity index (χ2n) is 6.03. The normalized spacial score (nSPS) is 16.9. The van der Waals surface area contributed by atoms with Gasteiger partial charge >= 0.3 is 6.09 Å². The van der Waals surface area contributed by atoms with E-state index in [2.05, 4.69) is 9.97 Å². The van der Waals surface area contributed by atoms with Gasteiger partial charge in [0.2, 0.25) is 6.29 Å². The van der Waals surface area contributed by atoms with Gasteiger partial charge in [-0.1, -0.05) is 30.3 Å². The number of aromatic nitrogens is 2. The van der Waals surface area contributed by atoms with Gasteiger partial charge in [-0.25, -0.2) is 14.8 Å². The Morgan fingerprint density at radius 1 is 1.23 bits per heavy atom. The van der Waals surface area contributed by atoms with Crippen LogP contribution in [0.15, 0.2) is 42.6 Å². The molecule has 138 valence electrons. The lowest BCUT2D eigenvalue weighted by atomic mass is 10.2.